The Labute approximate surface area is 267 Å². The molecule has 0 unspecified atom stereocenters. The summed E-state index contributed by atoms with van der Waals surface area (Å²) in [5, 5.41) is 0. The van der Waals surface area contributed by atoms with Crippen LogP contribution < -0.4 is 0 Å². The number of pyridine rings is 2. The van der Waals surface area contributed by atoms with E-state index >= 15 is 0 Å². The molecule has 0 N–H and O–H groups in total. The first kappa shape index (κ1) is 30.0. The predicted molar refractivity (Wildman–Crippen MR) is 170 cm³/mol. The molecule has 4 heteroatoms. The molecule has 4 aromatic carbocycles. The van der Waals surface area contributed by atoms with E-state index in [2.05, 4.69) is 76.7 Å². The molecule has 0 fully saturated rings. The van der Waals surface area contributed by atoms with Crippen molar-refractivity contribution in [1.82, 2.24) is 9.97 Å². The van der Waals surface area contributed by atoms with Gasteiger partial charge in [0.05, 0.1) is 0 Å². The molecule has 0 saturated heterocycles. The van der Waals surface area contributed by atoms with Gasteiger partial charge in [-0.25, -0.2) is 0 Å². The second kappa shape index (κ2) is 13.2. The molecule has 2 heterocycles. The summed E-state index contributed by atoms with van der Waals surface area (Å²) in [6.07, 6.45) is 4.42. The molecule has 3 nitrogen and oxygen atoms in total. The first-order valence-electron chi connectivity index (χ1n) is 14.1. The van der Waals surface area contributed by atoms with Gasteiger partial charge < -0.3 is 9.97 Å². The average Bonchev–Trinajstić information content (AvgIpc) is 3.29. The normalized spacial score (nSPS) is 12.8. The maximum absolute atomic E-state index is 12.3. The smallest absolute Gasteiger partial charge is 0.150 e. The molecule has 0 saturated carbocycles. The SMILES string of the molecule is CC1(C)Cc2c[c-]c(-c3ccccn3)cc2C1=O.[Ir].[c-]1ccccc1-c1cc(-c2ccc(-c3ccccc3)cc2)ccn1. The Hall–Kier alpha value is -4.50. The van der Waals surface area contributed by atoms with Crippen molar-refractivity contribution < 1.29 is 24.9 Å². The number of Topliss-reactive ketones (excluding diaryl/α,β-unsaturated/α-hetero) is 1. The Bertz CT molecular complexity index is 1820. The van der Waals surface area contributed by atoms with Gasteiger partial charge in [0.25, 0.3) is 0 Å². The van der Waals surface area contributed by atoms with Crippen LogP contribution in [0.5, 0.6) is 0 Å². The van der Waals surface area contributed by atoms with Gasteiger partial charge in [0, 0.05) is 37.9 Å². The number of carbonyl (C=O) groups excluding carboxylic acids is 1. The third-order valence-corrected chi connectivity index (χ3v) is 7.54. The molecule has 0 bridgehead atoms. The van der Waals surface area contributed by atoms with Crippen LogP contribution in [0.1, 0.15) is 29.8 Å². The molecule has 213 valence electrons. The zero-order valence-electron chi connectivity index (χ0n) is 24.0. The average molecular weight is 735 g/mol. The van der Waals surface area contributed by atoms with Crippen molar-refractivity contribution in [3.05, 3.63) is 157 Å². The largest absolute Gasteiger partial charge is 0.305 e. The molecule has 1 radical (unpaired) electrons. The van der Waals surface area contributed by atoms with E-state index in [4.69, 9.17) is 0 Å². The first-order chi connectivity index (χ1) is 20.5. The van der Waals surface area contributed by atoms with E-state index in [0.717, 1.165) is 45.6 Å². The number of ketones is 1. The molecule has 43 heavy (non-hydrogen) atoms. The van der Waals surface area contributed by atoms with Crippen molar-refractivity contribution in [2.24, 2.45) is 5.41 Å². The third-order valence-electron chi connectivity index (χ3n) is 7.54. The fourth-order valence-corrected chi connectivity index (χ4v) is 5.27. The van der Waals surface area contributed by atoms with Crippen molar-refractivity contribution in [3.63, 3.8) is 0 Å². The molecule has 7 rings (SSSR count). The van der Waals surface area contributed by atoms with Crippen molar-refractivity contribution in [3.8, 4) is 44.8 Å². The van der Waals surface area contributed by atoms with Gasteiger partial charge in [-0.05, 0) is 52.2 Å². The van der Waals surface area contributed by atoms with Gasteiger partial charge in [-0.1, -0.05) is 92.2 Å². The molecule has 0 amide bonds. The predicted octanol–water partition coefficient (Wildman–Crippen LogP) is 9.19. The Morgan fingerprint density at radius 3 is 2.00 bits per heavy atom. The van der Waals surface area contributed by atoms with E-state index in [1.165, 1.54) is 16.7 Å². The van der Waals surface area contributed by atoms with E-state index in [9.17, 15) is 4.79 Å². The van der Waals surface area contributed by atoms with Crippen LogP contribution in [0.4, 0.5) is 0 Å². The quantitative estimate of drug-likeness (QED) is 0.170. The van der Waals surface area contributed by atoms with Gasteiger partial charge in [0.1, 0.15) is 5.78 Å². The third kappa shape index (κ3) is 6.78. The fourth-order valence-electron chi connectivity index (χ4n) is 5.27. The van der Waals surface area contributed by atoms with Crippen molar-refractivity contribution >= 4 is 5.78 Å². The van der Waals surface area contributed by atoms with Gasteiger partial charge in [-0.2, -0.15) is 0 Å². The number of rotatable bonds is 4. The molecule has 1 aliphatic rings. The monoisotopic (exact) mass is 735 g/mol. The second-order valence-electron chi connectivity index (χ2n) is 11.0. The van der Waals surface area contributed by atoms with E-state index < -0.39 is 0 Å². The number of aromatic nitrogens is 2. The van der Waals surface area contributed by atoms with Crippen LogP contribution in [-0.2, 0) is 26.5 Å². The van der Waals surface area contributed by atoms with E-state index in [-0.39, 0.29) is 31.3 Å². The fraction of sp³-hybridized carbons (Fsp3) is 0.103. The van der Waals surface area contributed by atoms with Gasteiger partial charge in [-0.15, -0.1) is 65.2 Å². The summed E-state index contributed by atoms with van der Waals surface area (Å²) in [7, 11) is 0. The standard InChI is InChI=1S/C23H16N.C16H14NO.Ir/c1-3-7-18(8-4-1)19-11-13-20(14-12-19)22-15-16-24-23(17-22)21-9-5-2-6-10-21;1-16(2)10-12-7-6-11(9-13(12)15(16)18)14-5-3-4-8-17-14;/h1-9,11-17H;3-5,7-9H,10H2,1-2H3;/q2*-1;. The maximum atomic E-state index is 12.3. The zero-order chi connectivity index (χ0) is 28.9. The van der Waals surface area contributed by atoms with E-state index in [0.29, 0.717) is 0 Å². The number of nitrogens with zero attached hydrogens (tertiary/aromatic N) is 2. The topological polar surface area (TPSA) is 42.9 Å². The zero-order valence-corrected chi connectivity index (χ0v) is 26.4. The number of hydrogen-bond donors (Lipinski definition) is 0. The summed E-state index contributed by atoms with van der Waals surface area (Å²) < 4.78 is 0. The maximum Gasteiger partial charge on any atom is 0.150 e. The van der Waals surface area contributed by atoms with Gasteiger partial charge in [0.15, 0.2) is 0 Å². The van der Waals surface area contributed by atoms with Gasteiger partial charge in [-0.3, -0.25) is 4.79 Å². The van der Waals surface area contributed by atoms with E-state index in [1.807, 2.05) is 86.8 Å². The molecule has 2 aromatic heterocycles. The molecular weight excluding hydrogens is 705 g/mol. The van der Waals surface area contributed by atoms with Crippen LogP contribution in [0.2, 0.25) is 0 Å². The number of fused-ring (bicyclic) bond motifs is 1. The Balaban J connectivity index is 0.000000174. The van der Waals surface area contributed by atoms with Crippen LogP contribution in [-0.4, -0.2) is 15.8 Å². The molecule has 6 aromatic rings. The molecule has 0 atom stereocenters. The minimum absolute atomic E-state index is 0. The van der Waals surface area contributed by atoms with Gasteiger partial charge in [0.2, 0.25) is 0 Å². The van der Waals surface area contributed by atoms with Crippen LogP contribution in [0.3, 0.4) is 0 Å². The van der Waals surface area contributed by atoms with Crippen LogP contribution in [0.15, 0.2) is 134 Å². The Morgan fingerprint density at radius 1 is 0.628 bits per heavy atom. The molecular formula is C39H30IrN2O-2. The van der Waals surface area contributed by atoms with Crippen LogP contribution in [0.25, 0.3) is 44.8 Å². The summed E-state index contributed by atoms with van der Waals surface area (Å²) in [4.78, 5) is 21.0. The Morgan fingerprint density at radius 2 is 1.30 bits per heavy atom. The van der Waals surface area contributed by atoms with Crippen molar-refractivity contribution in [1.29, 1.82) is 0 Å². The second-order valence-corrected chi connectivity index (χ2v) is 11.0. The summed E-state index contributed by atoms with van der Waals surface area (Å²) in [6.45, 7) is 3.99. The number of hydrogen-bond acceptors (Lipinski definition) is 3. The summed E-state index contributed by atoms with van der Waals surface area (Å²) in [6, 6.07) is 47.2. The summed E-state index contributed by atoms with van der Waals surface area (Å²) in [5.41, 5.74) is 10.2. The number of benzene rings is 4. The minimum atomic E-state index is -0.279. The first-order valence-corrected chi connectivity index (χ1v) is 14.1. The van der Waals surface area contributed by atoms with Crippen molar-refractivity contribution in [2.75, 3.05) is 0 Å². The Kier molecular flexibility index (Phi) is 9.21. The molecule has 0 spiro atoms. The van der Waals surface area contributed by atoms with Crippen LogP contribution >= 0.6 is 0 Å². The van der Waals surface area contributed by atoms with Gasteiger partial charge >= 0.3 is 0 Å². The minimum Gasteiger partial charge on any atom is -0.305 e. The number of carbonyl (C=O) groups is 1. The summed E-state index contributed by atoms with van der Waals surface area (Å²) in [5.74, 6) is 0.226. The van der Waals surface area contributed by atoms with Crippen LogP contribution in [0, 0.1) is 17.5 Å². The van der Waals surface area contributed by atoms with Crippen molar-refractivity contribution in [2.45, 2.75) is 20.3 Å². The van der Waals surface area contributed by atoms with E-state index in [1.54, 1.807) is 6.20 Å². The summed E-state index contributed by atoms with van der Waals surface area (Å²) >= 11 is 0. The molecule has 0 aliphatic heterocycles. The molecule has 1 aliphatic carbocycles.